The summed E-state index contributed by atoms with van der Waals surface area (Å²) < 4.78 is 0. The molecule has 2 N–H and O–H groups in total. The molecule has 0 saturated carbocycles. The van der Waals surface area contributed by atoms with E-state index in [2.05, 4.69) is 9.97 Å². The third-order valence-corrected chi connectivity index (χ3v) is 2.33. The van der Waals surface area contributed by atoms with Gasteiger partial charge in [0, 0.05) is 11.8 Å². The maximum absolute atomic E-state index is 10.9. The van der Waals surface area contributed by atoms with E-state index in [9.17, 15) is 9.59 Å². The first kappa shape index (κ1) is 13.2. The van der Waals surface area contributed by atoms with Crippen LogP contribution >= 0.6 is 11.8 Å². The number of hydrogen-bond donors (Lipinski definition) is 2. The molecule has 0 unspecified atom stereocenters. The van der Waals surface area contributed by atoms with Crippen molar-refractivity contribution in [3.05, 3.63) is 23.5 Å². The molecular weight excluding hydrogens is 244 g/mol. The van der Waals surface area contributed by atoms with Crippen LogP contribution in [0.4, 0.5) is 0 Å². The molecule has 1 heterocycles. The van der Waals surface area contributed by atoms with Crippen molar-refractivity contribution in [1.29, 1.82) is 0 Å². The lowest BCUT2D eigenvalue weighted by Crippen LogP contribution is -2.05. The second-order valence-corrected chi connectivity index (χ2v) is 3.74. The smallest absolute Gasteiger partial charge is 0.355 e. The standard InChI is InChI=1S/C10H10N2O4S/c1-17-10-11-5-6(3-2-4-7(13)14)8(12-10)9(15)16/h2-3,5H,4H2,1H3,(H,13,14)(H,15,16). The summed E-state index contributed by atoms with van der Waals surface area (Å²) >= 11 is 1.23. The van der Waals surface area contributed by atoms with Gasteiger partial charge in [-0.25, -0.2) is 14.8 Å². The molecule has 1 aromatic rings. The highest BCUT2D eigenvalue weighted by molar-refractivity contribution is 7.98. The van der Waals surface area contributed by atoms with Crippen molar-refractivity contribution < 1.29 is 19.8 Å². The SMILES string of the molecule is CSc1ncc(C=CCC(=O)O)c(C(=O)O)n1. The molecule has 0 atom stereocenters. The monoisotopic (exact) mass is 254 g/mol. The van der Waals surface area contributed by atoms with E-state index in [-0.39, 0.29) is 17.7 Å². The molecule has 7 heteroatoms. The minimum absolute atomic E-state index is 0.133. The first-order chi connectivity index (χ1) is 8.04. The van der Waals surface area contributed by atoms with Crippen LogP contribution in [0.3, 0.4) is 0 Å². The fourth-order valence-corrected chi connectivity index (χ4v) is 1.39. The van der Waals surface area contributed by atoms with E-state index in [1.807, 2.05) is 0 Å². The number of carboxylic acids is 2. The third kappa shape index (κ3) is 3.87. The van der Waals surface area contributed by atoms with Gasteiger partial charge in [0.1, 0.15) is 0 Å². The van der Waals surface area contributed by atoms with Gasteiger partial charge in [0.05, 0.1) is 6.42 Å². The molecule has 0 aliphatic carbocycles. The third-order valence-electron chi connectivity index (χ3n) is 1.77. The van der Waals surface area contributed by atoms with Gasteiger partial charge in [-0.3, -0.25) is 4.79 Å². The first-order valence-corrected chi connectivity index (χ1v) is 5.79. The predicted molar refractivity (Wildman–Crippen MR) is 62.1 cm³/mol. The molecule has 90 valence electrons. The molecule has 1 aromatic heterocycles. The highest BCUT2D eigenvalue weighted by atomic mass is 32.2. The van der Waals surface area contributed by atoms with Gasteiger partial charge >= 0.3 is 11.9 Å². The van der Waals surface area contributed by atoms with Crippen LogP contribution in [0.15, 0.2) is 17.4 Å². The average Bonchev–Trinajstić information content (AvgIpc) is 2.28. The minimum atomic E-state index is -1.17. The van der Waals surface area contributed by atoms with Gasteiger partial charge < -0.3 is 10.2 Å². The summed E-state index contributed by atoms with van der Waals surface area (Å²) in [7, 11) is 0. The summed E-state index contributed by atoms with van der Waals surface area (Å²) in [6, 6.07) is 0. The van der Waals surface area contributed by atoms with E-state index >= 15 is 0 Å². The van der Waals surface area contributed by atoms with E-state index in [0.717, 1.165) is 0 Å². The fraction of sp³-hybridized carbons (Fsp3) is 0.200. The Morgan fingerprint density at radius 2 is 2.18 bits per heavy atom. The number of carbonyl (C=O) groups is 2. The van der Waals surface area contributed by atoms with E-state index in [1.54, 1.807) is 6.26 Å². The van der Waals surface area contributed by atoms with Crippen LogP contribution in [-0.4, -0.2) is 38.4 Å². The molecule has 0 aromatic carbocycles. The molecule has 0 aliphatic heterocycles. The zero-order chi connectivity index (χ0) is 12.8. The second-order valence-electron chi connectivity index (χ2n) is 2.97. The van der Waals surface area contributed by atoms with Crippen LogP contribution in [0.5, 0.6) is 0 Å². The molecule has 17 heavy (non-hydrogen) atoms. The van der Waals surface area contributed by atoms with Gasteiger partial charge in [-0.1, -0.05) is 23.9 Å². The molecule has 0 saturated heterocycles. The molecule has 0 radical (unpaired) electrons. The van der Waals surface area contributed by atoms with Crippen molar-refractivity contribution in [3.63, 3.8) is 0 Å². The fourth-order valence-electron chi connectivity index (χ4n) is 1.05. The lowest BCUT2D eigenvalue weighted by atomic mass is 10.2. The van der Waals surface area contributed by atoms with Crippen LogP contribution in [-0.2, 0) is 4.79 Å². The van der Waals surface area contributed by atoms with Gasteiger partial charge in [0.2, 0.25) is 0 Å². The Morgan fingerprint density at radius 1 is 1.47 bits per heavy atom. The van der Waals surface area contributed by atoms with Crippen molar-refractivity contribution >= 4 is 29.8 Å². The van der Waals surface area contributed by atoms with Crippen LogP contribution in [0.25, 0.3) is 6.08 Å². The average molecular weight is 254 g/mol. The largest absolute Gasteiger partial charge is 0.481 e. The lowest BCUT2D eigenvalue weighted by molar-refractivity contribution is -0.135. The van der Waals surface area contributed by atoms with Crippen molar-refractivity contribution in [3.8, 4) is 0 Å². The summed E-state index contributed by atoms with van der Waals surface area (Å²) in [6.45, 7) is 0. The summed E-state index contributed by atoms with van der Waals surface area (Å²) in [5.41, 5.74) is 0.155. The van der Waals surface area contributed by atoms with Crippen molar-refractivity contribution in [1.82, 2.24) is 9.97 Å². The molecule has 0 aliphatic rings. The molecule has 1 rings (SSSR count). The van der Waals surface area contributed by atoms with Gasteiger partial charge in [0.25, 0.3) is 0 Å². The summed E-state index contributed by atoms with van der Waals surface area (Å²) in [4.78, 5) is 29.0. The van der Waals surface area contributed by atoms with Crippen molar-refractivity contribution in [2.24, 2.45) is 0 Å². The molecule has 0 bridgehead atoms. The number of thioether (sulfide) groups is 1. The van der Waals surface area contributed by atoms with Crippen LogP contribution in [0.1, 0.15) is 22.5 Å². The Labute approximate surface area is 101 Å². The summed E-state index contributed by atoms with van der Waals surface area (Å²) in [5, 5.41) is 17.8. The maximum Gasteiger partial charge on any atom is 0.355 e. The van der Waals surface area contributed by atoms with Gasteiger partial charge in [0.15, 0.2) is 10.9 Å². The lowest BCUT2D eigenvalue weighted by Gasteiger charge is -2.01. The Hall–Kier alpha value is -1.89. The topological polar surface area (TPSA) is 100 Å². The van der Waals surface area contributed by atoms with Gasteiger partial charge in [-0.2, -0.15) is 0 Å². The maximum atomic E-state index is 10.9. The number of aromatic carboxylic acids is 1. The van der Waals surface area contributed by atoms with Crippen molar-refractivity contribution in [2.75, 3.05) is 6.26 Å². The summed E-state index contributed by atoms with van der Waals surface area (Å²) in [5.74, 6) is -2.16. The number of hydrogen-bond acceptors (Lipinski definition) is 5. The van der Waals surface area contributed by atoms with Crippen LogP contribution in [0.2, 0.25) is 0 Å². The number of aliphatic carboxylic acids is 1. The number of rotatable bonds is 5. The molecule has 0 spiro atoms. The molecule has 0 fully saturated rings. The van der Waals surface area contributed by atoms with Crippen LogP contribution in [0, 0.1) is 0 Å². The Bertz CT molecular complexity index is 473. The predicted octanol–water partition coefficient (Wildman–Crippen LogP) is 1.38. The zero-order valence-corrected chi connectivity index (χ0v) is 9.77. The van der Waals surface area contributed by atoms with E-state index in [4.69, 9.17) is 10.2 Å². The quantitative estimate of drug-likeness (QED) is 0.604. The van der Waals surface area contributed by atoms with E-state index in [1.165, 1.54) is 30.1 Å². The van der Waals surface area contributed by atoms with Crippen LogP contribution < -0.4 is 0 Å². The highest BCUT2D eigenvalue weighted by Gasteiger charge is 2.11. The normalized spacial score (nSPS) is 10.6. The Balaban J connectivity index is 3.02. The first-order valence-electron chi connectivity index (χ1n) is 4.57. The molecule has 0 amide bonds. The highest BCUT2D eigenvalue weighted by Crippen LogP contribution is 2.13. The Kier molecular flexibility index (Phi) is 4.65. The number of carboxylic acid groups (broad SMARTS) is 2. The zero-order valence-electron chi connectivity index (χ0n) is 8.95. The summed E-state index contributed by atoms with van der Waals surface area (Å²) in [6.07, 6.45) is 5.67. The van der Waals surface area contributed by atoms with Gasteiger partial charge in [-0.05, 0) is 6.26 Å². The molecular formula is C10H10N2O4S. The number of nitrogens with zero attached hydrogens (tertiary/aromatic N) is 2. The number of aromatic nitrogens is 2. The van der Waals surface area contributed by atoms with E-state index in [0.29, 0.717) is 5.16 Å². The van der Waals surface area contributed by atoms with E-state index < -0.39 is 11.9 Å². The molecule has 6 nitrogen and oxygen atoms in total. The second kappa shape index (κ2) is 6.00. The Morgan fingerprint density at radius 3 is 2.71 bits per heavy atom. The van der Waals surface area contributed by atoms with Crippen molar-refractivity contribution in [2.45, 2.75) is 11.6 Å². The minimum Gasteiger partial charge on any atom is -0.481 e. The van der Waals surface area contributed by atoms with Gasteiger partial charge in [-0.15, -0.1) is 0 Å².